The van der Waals surface area contributed by atoms with Gasteiger partial charge in [0.05, 0.1) is 12.3 Å². The molecule has 1 saturated carbocycles. The molecule has 4 rings (SSSR count). The highest BCUT2D eigenvalue weighted by molar-refractivity contribution is 5.99. The van der Waals surface area contributed by atoms with Crippen LogP contribution in [0.2, 0.25) is 0 Å². The summed E-state index contributed by atoms with van der Waals surface area (Å²) in [5.41, 5.74) is 2.70. The summed E-state index contributed by atoms with van der Waals surface area (Å²) in [6.45, 7) is 1.17. The predicted molar refractivity (Wildman–Crippen MR) is 139 cm³/mol. The van der Waals surface area contributed by atoms with E-state index in [9.17, 15) is 18.8 Å². The van der Waals surface area contributed by atoms with Crippen molar-refractivity contribution in [3.8, 4) is 0 Å². The zero-order valence-electron chi connectivity index (χ0n) is 21.3. The van der Waals surface area contributed by atoms with Crippen LogP contribution >= 0.6 is 0 Å². The summed E-state index contributed by atoms with van der Waals surface area (Å²) >= 11 is 0. The highest BCUT2D eigenvalue weighted by atomic mass is 19.1. The molecule has 2 aliphatic rings. The molecular weight excluding hydrogens is 493 g/mol. The number of carbonyl (C=O) groups is 3. The number of hydrogen-bond donors (Lipinski definition) is 3. The van der Waals surface area contributed by atoms with Crippen LogP contribution in [0.3, 0.4) is 0 Å². The molecule has 3 N–H and O–H groups in total. The van der Waals surface area contributed by atoms with Crippen LogP contribution in [-0.2, 0) is 27.2 Å². The van der Waals surface area contributed by atoms with Gasteiger partial charge in [0.25, 0.3) is 0 Å². The number of halogens is 1. The second-order valence-corrected chi connectivity index (χ2v) is 9.74. The Labute approximate surface area is 221 Å². The quantitative estimate of drug-likeness (QED) is 0.334. The molecule has 0 spiro atoms. The summed E-state index contributed by atoms with van der Waals surface area (Å²) in [7, 11) is 0. The number of ether oxygens (including phenoxy) is 2. The molecule has 0 radical (unpaired) electrons. The molecular formula is C28H34FN3O6. The molecule has 10 heteroatoms. The summed E-state index contributed by atoms with van der Waals surface area (Å²) in [6, 6.07) is 10.9. The predicted octanol–water partition coefficient (Wildman–Crippen LogP) is 4.84. The lowest BCUT2D eigenvalue weighted by atomic mass is 9.85. The SMILES string of the molecule is O=C(Nc1ccc2c(c1)CCN(C(=O)OC1CCC(CC(=O)OCCCO)CC1)C2)Nc1ccccc1F. The van der Waals surface area contributed by atoms with E-state index in [0.717, 1.165) is 24.0 Å². The number of amides is 3. The Morgan fingerprint density at radius 2 is 1.82 bits per heavy atom. The number of para-hydroxylation sites is 1. The molecule has 1 fully saturated rings. The molecule has 0 unspecified atom stereocenters. The molecule has 1 aliphatic carbocycles. The Kier molecular flexibility index (Phi) is 9.53. The van der Waals surface area contributed by atoms with E-state index in [-0.39, 0.29) is 43.0 Å². The smallest absolute Gasteiger partial charge is 0.410 e. The van der Waals surface area contributed by atoms with Gasteiger partial charge in [0.1, 0.15) is 11.9 Å². The molecule has 0 atom stereocenters. The lowest BCUT2D eigenvalue weighted by Crippen LogP contribution is -2.39. The van der Waals surface area contributed by atoms with Gasteiger partial charge >= 0.3 is 18.1 Å². The van der Waals surface area contributed by atoms with Gasteiger partial charge in [-0.25, -0.2) is 14.0 Å². The number of nitrogens with one attached hydrogen (secondary N) is 2. The Hall–Kier alpha value is -3.66. The normalized spacial score (nSPS) is 18.7. The highest BCUT2D eigenvalue weighted by Crippen LogP contribution is 2.30. The van der Waals surface area contributed by atoms with Crippen LogP contribution in [0.5, 0.6) is 0 Å². The molecule has 9 nitrogen and oxygen atoms in total. The summed E-state index contributed by atoms with van der Waals surface area (Å²) in [6.07, 6.45) is 3.97. The van der Waals surface area contributed by atoms with E-state index in [1.54, 1.807) is 23.1 Å². The maximum absolute atomic E-state index is 13.8. The lowest BCUT2D eigenvalue weighted by molar-refractivity contribution is -0.145. The number of aliphatic hydroxyl groups is 1. The van der Waals surface area contributed by atoms with Crippen molar-refractivity contribution in [3.63, 3.8) is 0 Å². The van der Waals surface area contributed by atoms with E-state index in [1.807, 2.05) is 12.1 Å². The van der Waals surface area contributed by atoms with Crippen LogP contribution in [0.25, 0.3) is 0 Å². The zero-order chi connectivity index (χ0) is 26.9. The highest BCUT2D eigenvalue weighted by Gasteiger charge is 2.29. The number of esters is 1. The third-order valence-corrected chi connectivity index (χ3v) is 6.94. The lowest BCUT2D eigenvalue weighted by Gasteiger charge is -2.32. The standard InChI is InChI=1S/C28H34FN3O6/c29-24-4-1-2-5-25(24)31-27(35)30-22-9-8-21-18-32(13-12-20(21)17-22)28(36)38-23-10-6-19(7-11-23)16-26(34)37-15-3-14-33/h1-2,4-5,8-9,17,19,23,33H,3,6-7,10-16,18H2,(H2,30,31,35). The number of anilines is 2. The van der Waals surface area contributed by atoms with E-state index in [4.69, 9.17) is 14.6 Å². The Bertz CT molecular complexity index is 1140. The fourth-order valence-electron chi connectivity index (χ4n) is 4.85. The summed E-state index contributed by atoms with van der Waals surface area (Å²) in [4.78, 5) is 38.6. The van der Waals surface area contributed by atoms with Crippen LogP contribution in [0.4, 0.5) is 25.4 Å². The van der Waals surface area contributed by atoms with Crippen LogP contribution in [-0.4, -0.2) is 54.0 Å². The fourth-order valence-corrected chi connectivity index (χ4v) is 4.85. The first-order valence-corrected chi connectivity index (χ1v) is 13.1. The molecule has 38 heavy (non-hydrogen) atoms. The number of nitrogens with zero attached hydrogens (tertiary/aromatic N) is 1. The first-order chi connectivity index (χ1) is 18.4. The topological polar surface area (TPSA) is 117 Å². The summed E-state index contributed by atoms with van der Waals surface area (Å²) < 4.78 is 24.6. The molecule has 204 valence electrons. The van der Waals surface area contributed by atoms with Gasteiger partial charge in [-0.1, -0.05) is 18.2 Å². The number of fused-ring (bicyclic) bond motifs is 1. The molecule has 0 aromatic heterocycles. The summed E-state index contributed by atoms with van der Waals surface area (Å²) in [5, 5.41) is 14.0. The van der Waals surface area contributed by atoms with Gasteiger partial charge in [0.15, 0.2) is 0 Å². The summed E-state index contributed by atoms with van der Waals surface area (Å²) in [5.74, 6) is -0.525. The van der Waals surface area contributed by atoms with Gasteiger partial charge in [0.2, 0.25) is 0 Å². The number of rotatable bonds is 8. The van der Waals surface area contributed by atoms with Crippen LogP contribution in [0, 0.1) is 11.7 Å². The molecule has 2 aromatic rings. The van der Waals surface area contributed by atoms with Crippen molar-refractivity contribution in [3.05, 3.63) is 59.4 Å². The van der Waals surface area contributed by atoms with Crippen LogP contribution in [0.15, 0.2) is 42.5 Å². The van der Waals surface area contributed by atoms with E-state index in [1.165, 1.54) is 12.1 Å². The third-order valence-electron chi connectivity index (χ3n) is 6.94. The minimum Gasteiger partial charge on any atom is -0.466 e. The largest absolute Gasteiger partial charge is 0.466 e. The number of hydrogen-bond acceptors (Lipinski definition) is 6. The zero-order valence-corrected chi connectivity index (χ0v) is 21.3. The van der Waals surface area contributed by atoms with Gasteiger partial charge in [0, 0.05) is 38.2 Å². The second kappa shape index (κ2) is 13.2. The molecule has 3 amide bonds. The van der Waals surface area contributed by atoms with Crippen molar-refractivity contribution in [1.82, 2.24) is 4.90 Å². The minimum absolute atomic E-state index is 0.00176. The average molecular weight is 528 g/mol. The maximum atomic E-state index is 13.8. The first kappa shape index (κ1) is 27.4. The Morgan fingerprint density at radius 1 is 1.03 bits per heavy atom. The number of aliphatic hydroxyl groups excluding tert-OH is 1. The molecule has 0 saturated heterocycles. The maximum Gasteiger partial charge on any atom is 0.410 e. The first-order valence-electron chi connectivity index (χ1n) is 13.1. The fraction of sp³-hybridized carbons (Fsp3) is 0.464. The Balaban J connectivity index is 1.21. The van der Waals surface area contributed by atoms with E-state index in [0.29, 0.717) is 50.9 Å². The Morgan fingerprint density at radius 3 is 2.58 bits per heavy atom. The van der Waals surface area contributed by atoms with Crippen molar-refractivity contribution in [2.75, 3.05) is 30.4 Å². The second-order valence-electron chi connectivity index (χ2n) is 9.74. The van der Waals surface area contributed by atoms with E-state index in [2.05, 4.69) is 10.6 Å². The van der Waals surface area contributed by atoms with Gasteiger partial charge in [-0.05, 0) is 73.4 Å². The number of carbonyl (C=O) groups excluding carboxylic acids is 3. The van der Waals surface area contributed by atoms with Crippen LogP contribution < -0.4 is 10.6 Å². The third kappa shape index (κ3) is 7.67. The molecule has 2 aromatic carbocycles. The van der Waals surface area contributed by atoms with Crippen molar-refractivity contribution in [2.24, 2.45) is 5.92 Å². The monoisotopic (exact) mass is 527 g/mol. The van der Waals surface area contributed by atoms with E-state index < -0.39 is 11.8 Å². The van der Waals surface area contributed by atoms with Crippen LogP contribution in [0.1, 0.15) is 49.7 Å². The molecule has 1 heterocycles. The van der Waals surface area contributed by atoms with Gasteiger partial charge in [-0.15, -0.1) is 0 Å². The van der Waals surface area contributed by atoms with Gasteiger partial charge in [-0.2, -0.15) is 0 Å². The molecule has 1 aliphatic heterocycles. The van der Waals surface area contributed by atoms with Crippen molar-refractivity contribution in [1.29, 1.82) is 0 Å². The van der Waals surface area contributed by atoms with Gasteiger partial charge < -0.3 is 30.1 Å². The van der Waals surface area contributed by atoms with Crippen molar-refractivity contribution in [2.45, 2.75) is 57.6 Å². The van der Waals surface area contributed by atoms with Gasteiger partial charge in [-0.3, -0.25) is 4.79 Å². The average Bonchev–Trinajstić information content (AvgIpc) is 2.91. The van der Waals surface area contributed by atoms with Crippen molar-refractivity contribution < 1.29 is 33.4 Å². The number of urea groups is 1. The minimum atomic E-state index is -0.538. The van der Waals surface area contributed by atoms with Crippen molar-refractivity contribution >= 4 is 29.5 Å². The molecule has 0 bridgehead atoms. The number of benzene rings is 2. The van der Waals surface area contributed by atoms with E-state index >= 15 is 0 Å².